The van der Waals surface area contributed by atoms with Crippen LogP contribution < -0.4 is 0 Å². The molecule has 0 fully saturated rings. The number of nitriles is 1. The second-order valence-electron chi connectivity index (χ2n) is 3.83. The standard InChI is InChI=1S/C12H10N2/c13-6-10-7-14-12-5-9-3-1-2-8(9)4-11(10)12/h4-5,7,14H,1-3H2. The van der Waals surface area contributed by atoms with Crippen molar-refractivity contribution in [3.8, 4) is 6.07 Å². The molecule has 1 aliphatic carbocycles. The highest BCUT2D eigenvalue weighted by molar-refractivity contribution is 5.87. The Morgan fingerprint density at radius 3 is 2.79 bits per heavy atom. The lowest BCUT2D eigenvalue weighted by Gasteiger charge is -1.98. The average Bonchev–Trinajstić information content (AvgIpc) is 2.78. The second-order valence-corrected chi connectivity index (χ2v) is 3.83. The molecule has 0 saturated heterocycles. The molecule has 2 nitrogen and oxygen atoms in total. The van der Waals surface area contributed by atoms with Crippen molar-refractivity contribution in [3.63, 3.8) is 0 Å². The monoisotopic (exact) mass is 182 g/mol. The summed E-state index contributed by atoms with van der Waals surface area (Å²) in [5, 5.41) is 9.98. The predicted molar refractivity (Wildman–Crippen MR) is 55.0 cm³/mol. The van der Waals surface area contributed by atoms with E-state index in [-0.39, 0.29) is 0 Å². The summed E-state index contributed by atoms with van der Waals surface area (Å²) in [6.45, 7) is 0. The summed E-state index contributed by atoms with van der Waals surface area (Å²) >= 11 is 0. The Hall–Kier alpha value is -1.75. The van der Waals surface area contributed by atoms with E-state index in [1.807, 2.05) is 0 Å². The van der Waals surface area contributed by atoms with Crippen LogP contribution >= 0.6 is 0 Å². The number of hydrogen-bond donors (Lipinski definition) is 1. The van der Waals surface area contributed by atoms with Crippen LogP contribution in [0.25, 0.3) is 10.9 Å². The van der Waals surface area contributed by atoms with Crippen LogP contribution in [0.5, 0.6) is 0 Å². The van der Waals surface area contributed by atoms with E-state index in [9.17, 15) is 0 Å². The SMILES string of the molecule is N#Cc1c[nH]c2cc3c(cc12)CCC3. The van der Waals surface area contributed by atoms with Crippen molar-refractivity contribution in [3.05, 3.63) is 35.0 Å². The lowest BCUT2D eigenvalue weighted by Crippen LogP contribution is -1.82. The molecule has 68 valence electrons. The van der Waals surface area contributed by atoms with Crippen LogP contribution in [0.3, 0.4) is 0 Å². The van der Waals surface area contributed by atoms with Crippen LogP contribution in [0.1, 0.15) is 23.1 Å². The van der Waals surface area contributed by atoms with Gasteiger partial charge in [-0.1, -0.05) is 0 Å². The van der Waals surface area contributed by atoms with E-state index in [4.69, 9.17) is 5.26 Å². The van der Waals surface area contributed by atoms with E-state index < -0.39 is 0 Å². The highest BCUT2D eigenvalue weighted by Crippen LogP contribution is 2.28. The summed E-state index contributed by atoms with van der Waals surface area (Å²) in [5.41, 5.74) is 4.73. The summed E-state index contributed by atoms with van der Waals surface area (Å²) in [7, 11) is 0. The molecule has 0 radical (unpaired) electrons. The molecule has 0 bridgehead atoms. The Bertz CT molecular complexity index is 543. The largest absolute Gasteiger partial charge is 0.360 e. The fourth-order valence-electron chi connectivity index (χ4n) is 2.29. The number of nitrogens with zero attached hydrogens (tertiary/aromatic N) is 1. The summed E-state index contributed by atoms with van der Waals surface area (Å²) in [6, 6.07) is 6.58. The maximum atomic E-state index is 8.90. The van der Waals surface area contributed by atoms with Gasteiger partial charge in [-0.25, -0.2) is 0 Å². The smallest absolute Gasteiger partial charge is 0.101 e. The lowest BCUT2D eigenvalue weighted by molar-refractivity contribution is 0.912. The molecular formula is C12H10N2. The first kappa shape index (κ1) is 7.64. The fraction of sp³-hybridized carbons (Fsp3) is 0.250. The van der Waals surface area contributed by atoms with E-state index in [1.165, 1.54) is 30.4 Å². The average molecular weight is 182 g/mol. The number of aromatic amines is 1. The molecule has 0 aliphatic heterocycles. The zero-order valence-electron chi connectivity index (χ0n) is 7.80. The topological polar surface area (TPSA) is 39.6 Å². The van der Waals surface area contributed by atoms with E-state index in [1.54, 1.807) is 6.20 Å². The summed E-state index contributed by atoms with van der Waals surface area (Å²) < 4.78 is 0. The second kappa shape index (κ2) is 2.62. The fourth-order valence-corrected chi connectivity index (χ4v) is 2.29. The minimum absolute atomic E-state index is 0.759. The molecule has 2 heteroatoms. The van der Waals surface area contributed by atoms with E-state index in [0.717, 1.165) is 16.5 Å². The number of nitrogens with one attached hydrogen (secondary N) is 1. The third kappa shape index (κ3) is 0.898. The number of fused-ring (bicyclic) bond motifs is 2. The minimum atomic E-state index is 0.759. The first-order chi connectivity index (χ1) is 6.88. The molecule has 0 spiro atoms. The third-order valence-electron chi connectivity index (χ3n) is 3.01. The zero-order chi connectivity index (χ0) is 9.54. The normalized spacial score (nSPS) is 14.2. The molecule has 0 unspecified atom stereocenters. The van der Waals surface area contributed by atoms with Crippen molar-refractivity contribution < 1.29 is 0 Å². The van der Waals surface area contributed by atoms with Gasteiger partial charge in [0.1, 0.15) is 6.07 Å². The van der Waals surface area contributed by atoms with Gasteiger partial charge in [-0.2, -0.15) is 5.26 Å². The maximum Gasteiger partial charge on any atom is 0.101 e. The first-order valence-electron chi connectivity index (χ1n) is 4.91. The highest BCUT2D eigenvalue weighted by atomic mass is 14.7. The van der Waals surface area contributed by atoms with E-state index >= 15 is 0 Å². The predicted octanol–water partition coefficient (Wildman–Crippen LogP) is 2.53. The minimum Gasteiger partial charge on any atom is -0.360 e. The van der Waals surface area contributed by atoms with Crippen LogP contribution in [-0.4, -0.2) is 4.98 Å². The van der Waals surface area contributed by atoms with Gasteiger partial charge in [-0.15, -0.1) is 0 Å². The van der Waals surface area contributed by atoms with Gasteiger partial charge >= 0.3 is 0 Å². The summed E-state index contributed by atoms with van der Waals surface area (Å²) in [5.74, 6) is 0. The maximum absolute atomic E-state index is 8.90. The van der Waals surface area contributed by atoms with Gasteiger partial charge < -0.3 is 4.98 Å². The Kier molecular flexibility index (Phi) is 1.43. The molecule has 1 aromatic carbocycles. The molecule has 0 saturated carbocycles. The molecule has 1 aliphatic rings. The quantitative estimate of drug-likeness (QED) is 0.668. The highest BCUT2D eigenvalue weighted by Gasteiger charge is 2.13. The van der Waals surface area contributed by atoms with Crippen molar-refractivity contribution >= 4 is 10.9 Å². The molecule has 1 aromatic heterocycles. The number of H-pyrrole nitrogens is 1. The number of rotatable bonds is 0. The molecule has 14 heavy (non-hydrogen) atoms. The molecule has 2 aromatic rings. The third-order valence-corrected chi connectivity index (χ3v) is 3.01. The Morgan fingerprint density at radius 2 is 2.00 bits per heavy atom. The van der Waals surface area contributed by atoms with Gasteiger partial charge in [-0.05, 0) is 42.5 Å². The van der Waals surface area contributed by atoms with Gasteiger partial charge in [0.2, 0.25) is 0 Å². The van der Waals surface area contributed by atoms with Crippen molar-refractivity contribution in [2.24, 2.45) is 0 Å². The Balaban J connectivity index is 2.37. The van der Waals surface area contributed by atoms with E-state index in [2.05, 4.69) is 23.2 Å². The van der Waals surface area contributed by atoms with Gasteiger partial charge in [0.25, 0.3) is 0 Å². The number of aryl methyl sites for hydroxylation is 2. The van der Waals surface area contributed by atoms with Crippen molar-refractivity contribution in [2.45, 2.75) is 19.3 Å². The Labute approximate surface area is 82.2 Å². The summed E-state index contributed by atoms with van der Waals surface area (Å²) in [6.07, 6.45) is 5.40. The first-order valence-corrected chi connectivity index (χ1v) is 4.91. The summed E-state index contributed by atoms with van der Waals surface area (Å²) in [4.78, 5) is 3.15. The molecule has 0 atom stereocenters. The molecule has 0 amide bonds. The van der Waals surface area contributed by atoms with Gasteiger partial charge in [0.05, 0.1) is 5.56 Å². The van der Waals surface area contributed by atoms with Crippen LogP contribution in [0.15, 0.2) is 18.3 Å². The lowest BCUT2D eigenvalue weighted by atomic mass is 10.1. The molecule has 3 rings (SSSR count). The Morgan fingerprint density at radius 1 is 1.21 bits per heavy atom. The van der Waals surface area contributed by atoms with Crippen molar-refractivity contribution in [1.29, 1.82) is 5.26 Å². The van der Waals surface area contributed by atoms with Crippen molar-refractivity contribution in [1.82, 2.24) is 4.98 Å². The van der Waals surface area contributed by atoms with Gasteiger partial charge in [-0.3, -0.25) is 0 Å². The van der Waals surface area contributed by atoms with Crippen LogP contribution in [0, 0.1) is 11.3 Å². The number of aromatic nitrogens is 1. The number of hydrogen-bond acceptors (Lipinski definition) is 1. The number of benzene rings is 1. The van der Waals surface area contributed by atoms with Crippen molar-refractivity contribution in [2.75, 3.05) is 0 Å². The molecular weight excluding hydrogens is 172 g/mol. The molecule has 1 heterocycles. The van der Waals surface area contributed by atoms with Crippen LogP contribution in [0.4, 0.5) is 0 Å². The van der Waals surface area contributed by atoms with Crippen LogP contribution in [0.2, 0.25) is 0 Å². The van der Waals surface area contributed by atoms with Gasteiger partial charge in [0, 0.05) is 17.1 Å². The van der Waals surface area contributed by atoms with E-state index in [0.29, 0.717) is 0 Å². The van der Waals surface area contributed by atoms with Crippen LogP contribution in [-0.2, 0) is 12.8 Å². The zero-order valence-corrected chi connectivity index (χ0v) is 7.80. The molecule has 1 N–H and O–H groups in total. The van der Waals surface area contributed by atoms with Gasteiger partial charge in [0.15, 0.2) is 0 Å².